The van der Waals surface area contributed by atoms with Crippen molar-refractivity contribution in [2.75, 3.05) is 18.5 Å². The second-order valence-corrected chi connectivity index (χ2v) is 6.97. The molecule has 0 spiro atoms. The Bertz CT molecular complexity index is 1020. The number of amides is 1. The Morgan fingerprint density at radius 1 is 1.25 bits per heavy atom. The summed E-state index contributed by atoms with van der Waals surface area (Å²) in [6, 6.07) is 7.06. The van der Waals surface area contributed by atoms with Gasteiger partial charge in [-0.2, -0.15) is 0 Å². The Morgan fingerprint density at radius 3 is 2.79 bits per heavy atom. The molecule has 1 N–H and O–H groups in total. The highest BCUT2D eigenvalue weighted by atomic mass is 35.5. The fraction of sp³-hybridized carbons (Fsp3) is 0.350. The van der Waals surface area contributed by atoms with Gasteiger partial charge in [-0.3, -0.25) is 4.79 Å². The minimum atomic E-state index is -0.333. The van der Waals surface area contributed by atoms with Crippen molar-refractivity contribution in [3.63, 3.8) is 0 Å². The van der Waals surface area contributed by atoms with Crippen molar-refractivity contribution in [3.05, 3.63) is 40.5 Å². The second-order valence-electron chi connectivity index (χ2n) is 6.53. The number of anilines is 1. The summed E-state index contributed by atoms with van der Waals surface area (Å²) in [4.78, 5) is 16.9. The number of hydrogen-bond donors (Lipinski definition) is 1. The van der Waals surface area contributed by atoms with E-state index >= 15 is 0 Å². The quantitative estimate of drug-likeness (QED) is 0.645. The molecule has 2 heterocycles. The van der Waals surface area contributed by atoms with Gasteiger partial charge in [-0.1, -0.05) is 18.5 Å². The third-order valence-electron chi connectivity index (χ3n) is 4.10. The summed E-state index contributed by atoms with van der Waals surface area (Å²) in [5.74, 6) is 0.616. The number of nitrogens with one attached hydrogen (secondary N) is 1. The number of fused-ring (bicyclic) bond motifs is 1. The summed E-state index contributed by atoms with van der Waals surface area (Å²) in [5.41, 5.74) is 3.13. The van der Waals surface area contributed by atoms with E-state index < -0.39 is 0 Å². The molecule has 0 atom stereocenters. The number of aromatic nitrogens is 3. The van der Waals surface area contributed by atoms with Crippen molar-refractivity contribution in [3.8, 4) is 11.6 Å². The number of aryl methyl sites for hydroxylation is 3. The lowest BCUT2D eigenvalue weighted by atomic mass is 10.2. The molecule has 0 aliphatic heterocycles. The van der Waals surface area contributed by atoms with Crippen molar-refractivity contribution < 1.29 is 14.3 Å². The fourth-order valence-corrected chi connectivity index (χ4v) is 3.08. The first-order valence-electron chi connectivity index (χ1n) is 9.05. The molecule has 2 aromatic heterocycles. The maximum atomic E-state index is 12.4. The van der Waals surface area contributed by atoms with Gasteiger partial charge in [-0.15, -0.1) is 5.10 Å². The molecule has 7 nitrogen and oxygen atoms in total. The van der Waals surface area contributed by atoms with Crippen LogP contribution in [0.4, 0.5) is 5.69 Å². The van der Waals surface area contributed by atoms with Gasteiger partial charge in [-0.25, -0.2) is 9.67 Å². The van der Waals surface area contributed by atoms with E-state index in [1.807, 2.05) is 26.8 Å². The first kappa shape index (κ1) is 19.9. The molecule has 3 rings (SSSR count). The highest BCUT2D eigenvalue weighted by molar-refractivity contribution is 6.31. The monoisotopic (exact) mass is 402 g/mol. The van der Waals surface area contributed by atoms with E-state index in [1.54, 1.807) is 29.9 Å². The molecule has 0 saturated heterocycles. The molecule has 1 aromatic carbocycles. The summed E-state index contributed by atoms with van der Waals surface area (Å²) in [5, 5.41) is 8.44. The highest BCUT2D eigenvalue weighted by Crippen LogP contribution is 2.29. The summed E-state index contributed by atoms with van der Waals surface area (Å²) in [6.45, 7) is 6.26. The molecule has 0 fully saturated rings. The lowest BCUT2D eigenvalue weighted by Gasteiger charge is -2.12. The molecule has 0 unspecified atom stereocenters. The molecular formula is C20H23ClN4O3. The maximum absolute atomic E-state index is 12.4. The largest absolute Gasteiger partial charge is 0.491 e. The van der Waals surface area contributed by atoms with Gasteiger partial charge in [-0.05, 0) is 50.1 Å². The first-order chi connectivity index (χ1) is 13.4. The van der Waals surface area contributed by atoms with Crippen LogP contribution in [-0.2, 0) is 11.8 Å². The Balaban J connectivity index is 1.74. The molecule has 3 aromatic rings. The van der Waals surface area contributed by atoms with Crippen molar-refractivity contribution in [1.29, 1.82) is 0 Å². The Hall–Kier alpha value is -2.80. The Labute approximate surface area is 168 Å². The van der Waals surface area contributed by atoms with Crippen LogP contribution in [0.3, 0.4) is 0 Å². The molecule has 0 saturated carbocycles. The first-order valence-corrected chi connectivity index (χ1v) is 9.42. The van der Waals surface area contributed by atoms with Crippen molar-refractivity contribution >= 4 is 34.2 Å². The fourth-order valence-electron chi connectivity index (χ4n) is 2.91. The van der Waals surface area contributed by atoms with Gasteiger partial charge in [0.15, 0.2) is 12.3 Å². The van der Waals surface area contributed by atoms with E-state index in [4.69, 9.17) is 21.1 Å². The van der Waals surface area contributed by atoms with Crippen LogP contribution in [-0.4, -0.2) is 33.9 Å². The minimum absolute atomic E-state index is 0.195. The zero-order valence-corrected chi connectivity index (χ0v) is 17.1. The molecular weight excluding hydrogens is 380 g/mol. The molecule has 0 radical (unpaired) electrons. The normalized spacial score (nSPS) is 10.9. The molecule has 28 heavy (non-hydrogen) atoms. The van der Waals surface area contributed by atoms with Crippen LogP contribution < -0.4 is 14.8 Å². The number of hydrogen-bond acceptors (Lipinski definition) is 5. The van der Waals surface area contributed by atoms with Crippen molar-refractivity contribution in [2.24, 2.45) is 7.05 Å². The lowest BCUT2D eigenvalue weighted by molar-refractivity contribution is -0.118. The average Bonchev–Trinajstić information content (AvgIpc) is 2.95. The molecule has 0 aliphatic carbocycles. The number of ether oxygens (including phenoxy) is 2. The maximum Gasteiger partial charge on any atom is 0.262 e. The molecule has 1 amide bonds. The van der Waals surface area contributed by atoms with E-state index in [0.29, 0.717) is 28.9 Å². The molecule has 0 bridgehead atoms. The standard InChI is InChI=1S/C20H23ClN4O3/c1-5-8-27-16-7-6-14(21)10-15(16)23-17(26)11-28-20-18-12(2)9-13(3)22-19(18)25(4)24-20/h6-7,9-10H,5,8,11H2,1-4H3,(H,23,26). The van der Waals surface area contributed by atoms with Gasteiger partial charge < -0.3 is 14.8 Å². The number of carbonyl (C=O) groups excluding carboxylic acids is 1. The van der Waals surface area contributed by atoms with Crippen LogP contribution in [0, 0.1) is 13.8 Å². The zero-order chi connectivity index (χ0) is 20.3. The van der Waals surface area contributed by atoms with Crippen molar-refractivity contribution in [1.82, 2.24) is 14.8 Å². The van der Waals surface area contributed by atoms with Gasteiger partial charge in [0.1, 0.15) is 5.75 Å². The van der Waals surface area contributed by atoms with E-state index in [-0.39, 0.29) is 12.5 Å². The third kappa shape index (κ3) is 4.36. The van der Waals surface area contributed by atoms with Crippen LogP contribution in [0.2, 0.25) is 5.02 Å². The summed E-state index contributed by atoms with van der Waals surface area (Å²) in [7, 11) is 1.80. The van der Waals surface area contributed by atoms with Gasteiger partial charge in [0.25, 0.3) is 5.91 Å². The smallest absolute Gasteiger partial charge is 0.262 e. The number of benzene rings is 1. The van der Waals surface area contributed by atoms with Gasteiger partial charge >= 0.3 is 0 Å². The predicted octanol–water partition coefficient (Wildman–Crippen LogP) is 4.04. The van der Waals surface area contributed by atoms with Crippen molar-refractivity contribution in [2.45, 2.75) is 27.2 Å². The van der Waals surface area contributed by atoms with Gasteiger partial charge in [0.05, 0.1) is 17.7 Å². The van der Waals surface area contributed by atoms with Gasteiger partial charge in [0, 0.05) is 17.8 Å². The minimum Gasteiger partial charge on any atom is -0.491 e. The van der Waals surface area contributed by atoms with Crippen LogP contribution in [0.15, 0.2) is 24.3 Å². The van der Waals surface area contributed by atoms with Gasteiger partial charge in [0.2, 0.25) is 5.88 Å². The van der Waals surface area contributed by atoms with E-state index in [1.165, 1.54) is 0 Å². The van der Waals surface area contributed by atoms with Crippen LogP contribution in [0.5, 0.6) is 11.6 Å². The third-order valence-corrected chi connectivity index (χ3v) is 4.34. The number of rotatable bonds is 7. The molecule has 148 valence electrons. The lowest BCUT2D eigenvalue weighted by Crippen LogP contribution is -2.21. The number of halogens is 1. The van der Waals surface area contributed by atoms with Crippen LogP contribution in [0.25, 0.3) is 11.0 Å². The number of nitrogens with zero attached hydrogens (tertiary/aromatic N) is 3. The predicted molar refractivity (Wildman–Crippen MR) is 109 cm³/mol. The topological polar surface area (TPSA) is 78.3 Å². The number of pyridine rings is 1. The summed E-state index contributed by atoms with van der Waals surface area (Å²) in [6.07, 6.45) is 0.860. The van der Waals surface area contributed by atoms with Crippen LogP contribution >= 0.6 is 11.6 Å². The second kappa shape index (κ2) is 8.48. The highest BCUT2D eigenvalue weighted by Gasteiger charge is 2.16. The SMILES string of the molecule is CCCOc1ccc(Cl)cc1NC(=O)COc1nn(C)c2nc(C)cc(C)c12. The average molecular weight is 403 g/mol. The number of carbonyl (C=O) groups is 1. The molecule has 8 heteroatoms. The molecule has 0 aliphatic rings. The summed E-state index contributed by atoms with van der Waals surface area (Å²) < 4.78 is 13.0. The van der Waals surface area contributed by atoms with E-state index in [9.17, 15) is 4.79 Å². The zero-order valence-electron chi connectivity index (χ0n) is 16.4. The van der Waals surface area contributed by atoms with E-state index in [2.05, 4.69) is 15.4 Å². The Kier molecular flexibility index (Phi) is 6.04. The summed E-state index contributed by atoms with van der Waals surface area (Å²) >= 11 is 6.05. The van der Waals surface area contributed by atoms with E-state index in [0.717, 1.165) is 28.7 Å². The Morgan fingerprint density at radius 2 is 2.04 bits per heavy atom. The van der Waals surface area contributed by atoms with Crippen LogP contribution in [0.1, 0.15) is 24.6 Å².